The van der Waals surface area contributed by atoms with Gasteiger partial charge in [-0.2, -0.15) is 0 Å². The second-order valence-corrected chi connectivity index (χ2v) is 13.8. The molecule has 10 rings (SSSR count). The van der Waals surface area contributed by atoms with Gasteiger partial charge in [0.1, 0.15) is 16.2 Å². The van der Waals surface area contributed by atoms with Gasteiger partial charge in [0, 0.05) is 45.2 Å². The summed E-state index contributed by atoms with van der Waals surface area (Å²) in [7, 11) is 0. The fraction of sp³-hybridized carbons (Fsp3) is 0. The summed E-state index contributed by atoms with van der Waals surface area (Å²) in [6.45, 7) is 0. The van der Waals surface area contributed by atoms with Gasteiger partial charge in [0.2, 0.25) is 0 Å². The molecule has 2 aromatic heterocycles. The predicted octanol–water partition coefficient (Wildman–Crippen LogP) is 13.8. The average molecular weight is 671 g/mol. The summed E-state index contributed by atoms with van der Waals surface area (Å²) >= 11 is 1.70. The molecule has 3 nitrogen and oxygen atoms in total. The fourth-order valence-electron chi connectivity index (χ4n) is 7.24. The van der Waals surface area contributed by atoms with E-state index in [1.807, 2.05) is 6.07 Å². The lowest BCUT2D eigenvalue weighted by molar-refractivity contribution is 0.669. The zero-order valence-electron chi connectivity index (χ0n) is 27.5. The summed E-state index contributed by atoms with van der Waals surface area (Å²) < 4.78 is 7.75. The van der Waals surface area contributed by atoms with Crippen molar-refractivity contribution in [2.45, 2.75) is 0 Å². The van der Waals surface area contributed by atoms with Crippen LogP contribution in [0.2, 0.25) is 0 Å². The number of hydrogen-bond acceptors (Lipinski definition) is 4. The van der Waals surface area contributed by atoms with Gasteiger partial charge in [-0.3, -0.25) is 0 Å². The van der Waals surface area contributed by atoms with E-state index in [9.17, 15) is 0 Å². The normalized spacial score (nSPS) is 11.5. The molecule has 0 fully saturated rings. The van der Waals surface area contributed by atoms with Crippen LogP contribution < -0.4 is 4.90 Å². The lowest BCUT2D eigenvalue weighted by atomic mass is 9.96. The third-order valence-electron chi connectivity index (χ3n) is 9.70. The van der Waals surface area contributed by atoms with Crippen molar-refractivity contribution in [3.05, 3.63) is 182 Å². The molecule has 51 heavy (non-hydrogen) atoms. The van der Waals surface area contributed by atoms with E-state index in [-0.39, 0.29) is 0 Å². The highest BCUT2D eigenvalue weighted by molar-refractivity contribution is 7.21. The molecule has 4 heteroatoms. The Morgan fingerprint density at radius 1 is 0.431 bits per heavy atom. The molecule has 2 heterocycles. The maximum absolute atomic E-state index is 6.63. The Bertz CT molecular complexity index is 2840. The topological polar surface area (TPSA) is 29.3 Å². The van der Waals surface area contributed by atoms with Crippen LogP contribution in [0, 0.1) is 0 Å². The number of nitrogens with zero attached hydrogens (tertiary/aromatic N) is 2. The smallest absolute Gasteiger partial charge is 0.137 e. The first kappa shape index (κ1) is 29.4. The molecule has 0 aliphatic heterocycles. The predicted molar refractivity (Wildman–Crippen MR) is 215 cm³/mol. The molecule has 0 saturated carbocycles. The van der Waals surface area contributed by atoms with E-state index in [1.165, 1.54) is 33.0 Å². The summed E-state index contributed by atoms with van der Waals surface area (Å²) in [5, 5.41) is 5.55. The van der Waals surface area contributed by atoms with E-state index in [2.05, 4.69) is 181 Å². The summed E-state index contributed by atoms with van der Waals surface area (Å²) in [5.74, 6) is 0. The molecule has 0 aliphatic rings. The Labute approximate surface area is 299 Å². The van der Waals surface area contributed by atoms with Gasteiger partial charge < -0.3 is 9.32 Å². The van der Waals surface area contributed by atoms with Gasteiger partial charge in [-0.05, 0) is 64.0 Å². The Morgan fingerprint density at radius 3 is 1.78 bits per heavy atom. The number of rotatable bonds is 6. The highest BCUT2D eigenvalue weighted by Crippen LogP contribution is 2.44. The number of anilines is 3. The van der Waals surface area contributed by atoms with E-state index in [0.717, 1.165) is 59.8 Å². The molecule has 0 aliphatic carbocycles. The number of fused-ring (bicyclic) bond motifs is 5. The standard InChI is InChI=1S/C47H30N2OS/c1-4-12-31(13-5-1)32-20-22-35(23-21-32)49(43-27-26-37(33-14-6-2-7-15-33)38-18-10-11-19-39(38)43)36-24-25-40-41-29-42-46(30-45(41)50-44(40)28-36)51-47(48-42)34-16-8-3-9-17-34/h1-30H. The quantitative estimate of drug-likeness (QED) is 0.176. The molecule has 0 bridgehead atoms. The molecular weight excluding hydrogens is 641 g/mol. The van der Waals surface area contributed by atoms with Crippen LogP contribution in [0.25, 0.3) is 75.8 Å². The maximum atomic E-state index is 6.63. The third kappa shape index (κ3) is 5.16. The molecule has 0 spiro atoms. The number of hydrogen-bond donors (Lipinski definition) is 0. The van der Waals surface area contributed by atoms with Crippen LogP contribution in [0.3, 0.4) is 0 Å². The van der Waals surface area contributed by atoms with Crippen molar-refractivity contribution in [1.29, 1.82) is 0 Å². The molecule has 0 saturated heterocycles. The molecule has 10 aromatic rings. The van der Waals surface area contributed by atoms with Crippen LogP contribution in [0.4, 0.5) is 17.1 Å². The Balaban J connectivity index is 1.13. The van der Waals surface area contributed by atoms with Gasteiger partial charge in [0.05, 0.1) is 15.9 Å². The van der Waals surface area contributed by atoms with Gasteiger partial charge in [-0.15, -0.1) is 11.3 Å². The SMILES string of the molecule is c1ccc(-c2ccc(N(c3ccc4c(c3)oc3cc5sc(-c6ccccc6)nc5cc34)c3ccc(-c4ccccc4)c4ccccc34)cc2)cc1. The summed E-state index contributed by atoms with van der Waals surface area (Å²) in [5.41, 5.74) is 11.8. The van der Waals surface area contributed by atoms with E-state index in [1.54, 1.807) is 11.3 Å². The average Bonchev–Trinajstić information content (AvgIpc) is 3.78. The summed E-state index contributed by atoms with van der Waals surface area (Å²) in [4.78, 5) is 7.35. The van der Waals surface area contributed by atoms with Crippen LogP contribution >= 0.6 is 11.3 Å². The minimum Gasteiger partial charge on any atom is -0.456 e. The molecule has 0 N–H and O–H groups in total. The van der Waals surface area contributed by atoms with Crippen molar-refractivity contribution in [2.75, 3.05) is 4.90 Å². The highest BCUT2D eigenvalue weighted by atomic mass is 32.1. The number of furan rings is 1. The molecule has 0 atom stereocenters. The number of benzene rings is 8. The fourth-order valence-corrected chi connectivity index (χ4v) is 8.22. The van der Waals surface area contributed by atoms with Crippen LogP contribution in [-0.4, -0.2) is 4.98 Å². The van der Waals surface area contributed by atoms with Crippen molar-refractivity contribution in [3.63, 3.8) is 0 Å². The van der Waals surface area contributed by atoms with E-state index < -0.39 is 0 Å². The van der Waals surface area contributed by atoms with Crippen LogP contribution in [0.1, 0.15) is 0 Å². The minimum absolute atomic E-state index is 0.847. The van der Waals surface area contributed by atoms with Gasteiger partial charge >= 0.3 is 0 Å². The van der Waals surface area contributed by atoms with Crippen LogP contribution in [0.5, 0.6) is 0 Å². The molecular formula is C47H30N2OS. The van der Waals surface area contributed by atoms with E-state index in [0.29, 0.717) is 0 Å². The number of aromatic nitrogens is 1. The van der Waals surface area contributed by atoms with Crippen molar-refractivity contribution in [3.8, 4) is 32.8 Å². The first-order valence-electron chi connectivity index (χ1n) is 17.1. The van der Waals surface area contributed by atoms with Gasteiger partial charge in [0.25, 0.3) is 0 Å². The van der Waals surface area contributed by atoms with Crippen LogP contribution in [0.15, 0.2) is 186 Å². The Morgan fingerprint density at radius 2 is 1.04 bits per heavy atom. The summed E-state index contributed by atoms with van der Waals surface area (Å²) in [6, 6.07) is 64.5. The van der Waals surface area contributed by atoms with Crippen molar-refractivity contribution in [2.24, 2.45) is 0 Å². The van der Waals surface area contributed by atoms with E-state index in [4.69, 9.17) is 9.40 Å². The molecule has 0 unspecified atom stereocenters. The Kier molecular flexibility index (Phi) is 7.00. The van der Waals surface area contributed by atoms with Gasteiger partial charge in [-0.25, -0.2) is 4.98 Å². The summed E-state index contributed by atoms with van der Waals surface area (Å²) in [6.07, 6.45) is 0. The Hall–Kier alpha value is -6.49. The van der Waals surface area contributed by atoms with Crippen molar-refractivity contribution < 1.29 is 4.42 Å². The third-order valence-corrected chi connectivity index (χ3v) is 10.8. The lowest BCUT2D eigenvalue weighted by Crippen LogP contribution is -2.10. The largest absolute Gasteiger partial charge is 0.456 e. The first-order chi connectivity index (χ1) is 25.3. The van der Waals surface area contributed by atoms with Crippen molar-refractivity contribution >= 4 is 71.3 Å². The van der Waals surface area contributed by atoms with Crippen molar-refractivity contribution in [1.82, 2.24) is 4.98 Å². The maximum Gasteiger partial charge on any atom is 0.137 e. The number of thiazole rings is 1. The molecule has 0 radical (unpaired) electrons. The van der Waals surface area contributed by atoms with Gasteiger partial charge in [-0.1, -0.05) is 133 Å². The highest BCUT2D eigenvalue weighted by Gasteiger charge is 2.20. The van der Waals surface area contributed by atoms with Crippen LogP contribution in [-0.2, 0) is 0 Å². The van der Waals surface area contributed by atoms with Gasteiger partial charge in [0.15, 0.2) is 0 Å². The van der Waals surface area contributed by atoms with E-state index >= 15 is 0 Å². The zero-order chi connectivity index (χ0) is 33.7. The molecule has 0 amide bonds. The molecule has 240 valence electrons. The second kappa shape index (κ2) is 12.1. The minimum atomic E-state index is 0.847. The molecule has 8 aromatic carbocycles. The first-order valence-corrected chi connectivity index (χ1v) is 17.9. The lowest BCUT2D eigenvalue weighted by Gasteiger charge is -2.27. The second-order valence-electron chi connectivity index (χ2n) is 12.8. The monoisotopic (exact) mass is 670 g/mol. The zero-order valence-corrected chi connectivity index (χ0v) is 28.3.